The fourth-order valence-electron chi connectivity index (χ4n) is 0.634. The first-order chi connectivity index (χ1) is 4.33. The molecule has 0 fully saturated rings. The zero-order valence-electron chi connectivity index (χ0n) is 5.64. The summed E-state index contributed by atoms with van der Waals surface area (Å²) < 4.78 is 5.15. The maximum absolute atomic E-state index is 5.15. The van der Waals surface area contributed by atoms with Crippen molar-refractivity contribution in [2.24, 2.45) is 0 Å². The Kier molecular flexibility index (Phi) is 1.85. The van der Waals surface area contributed by atoms with E-state index in [0.29, 0.717) is 6.54 Å². The summed E-state index contributed by atoms with van der Waals surface area (Å²) in [6.07, 6.45) is 1.71. The SMILES string of the molecule is CNCc1ncc(C)o1. The van der Waals surface area contributed by atoms with Crippen molar-refractivity contribution >= 4 is 0 Å². The summed E-state index contributed by atoms with van der Waals surface area (Å²) in [5.41, 5.74) is 0. The number of oxazole rings is 1. The van der Waals surface area contributed by atoms with E-state index < -0.39 is 0 Å². The molecule has 0 aliphatic rings. The molecule has 0 unspecified atom stereocenters. The van der Waals surface area contributed by atoms with Gasteiger partial charge in [-0.15, -0.1) is 0 Å². The first kappa shape index (κ1) is 6.29. The Bertz CT molecular complexity index is 183. The van der Waals surface area contributed by atoms with E-state index in [-0.39, 0.29) is 0 Å². The third-order valence-corrected chi connectivity index (χ3v) is 0.997. The third-order valence-electron chi connectivity index (χ3n) is 0.997. The molecule has 0 radical (unpaired) electrons. The Morgan fingerprint density at radius 1 is 1.78 bits per heavy atom. The molecule has 0 bridgehead atoms. The zero-order valence-corrected chi connectivity index (χ0v) is 5.64. The van der Waals surface area contributed by atoms with Crippen molar-refractivity contribution in [1.82, 2.24) is 10.3 Å². The van der Waals surface area contributed by atoms with Crippen LogP contribution in [0.25, 0.3) is 0 Å². The van der Waals surface area contributed by atoms with Gasteiger partial charge in [-0.3, -0.25) is 0 Å². The van der Waals surface area contributed by atoms with Gasteiger partial charge in [0, 0.05) is 0 Å². The van der Waals surface area contributed by atoms with Crippen LogP contribution in [0.4, 0.5) is 0 Å². The number of nitrogens with zero attached hydrogens (tertiary/aromatic N) is 1. The molecule has 3 nitrogen and oxygen atoms in total. The minimum Gasteiger partial charge on any atom is -0.445 e. The van der Waals surface area contributed by atoms with E-state index in [2.05, 4.69) is 10.3 Å². The molecule has 0 spiro atoms. The summed E-state index contributed by atoms with van der Waals surface area (Å²) in [5, 5.41) is 2.94. The highest BCUT2D eigenvalue weighted by Gasteiger charge is 1.95. The smallest absolute Gasteiger partial charge is 0.208 e. The summed E-state index contributed by atoms with van der Waals surface area (Å²) in [5.74, 6) is 1.61. The van der Waals surface area contributed by atoms with Gasteiger partial charge in [0.25, 0.3) is 0 Å². The minimum absolute atomic E-state index is 0.702. The van der Waals surface area contributed by atoms with E-state index >= 15 is 0 Å². The topological polar surface area (TPSA) is 38.1 Å². The molecule has 0 aliphatic heterocycles. The summed E-state index contributed by atoms with van der Waals surface area (Å²) in [4.78, 5) is 3.98. The van der Waals surface area contributed by atoms with Crippen LogP contribution in [-0.2, 0) is 6.54 Å². The second-order valence-electron chi connectivity index (χ2n) is 1.89. The Morgan fingerprint density at radius 2 is 2.56 bits per heavy atom. The second kappa shape index (κ2) is 2.64. The van der Waals surface area contributed by atoms with E-state index in [1.165, 1.54) is 0 Å². The van der Waals surface area contributed by atoms with Crippen molar-refractivity contribution in [2.75, 3.05) is 7.05 Å². The first-order valence-electron chi connectivity index (χ1n) is 2.89. The van der Waals surface area contributed by atoms with Gasteiger partial charge in [-0.1, -0.05) is 0 Å². The quantitative estimate of drug-likeness (QED) is 0.634. The predicted octanol–water partition coefficient (Wildman–Crippen LogP) is 0.702. The van der Waals surface area contributed by atoms with Gasteiger partial charge in [0.1, 0.15) is 5.76 Å². The monoisotopic (exact) mass is 126 g/mol. The van der Waals surface area contributed by atoms with E-state index in [1.807, 2.05) is 14.0 Å². The molecule has 0 amide bonds. The van der Waals surface area contributed by atoms with Crippen molar-refractivity contribution in [3.8, 4) is 0 Å². The number of aromatic nitrogens is 1. The van der Waals surface area contributed by atoms with Crippen LogP contribution in [0.5, 0.6) is 0 Å². The van der Waals surface area contributed by atoms with E-state index in [4.69, 9.17) is 4.42 Å². The molecule has 3 heteroatoms. The maximum Gasteiger partial charge on any atom is 0.208 e. The summed E-state index contributed by atoms with van der Waals surface area (Å²) in [6.45, 7) is 2.58. The summed E-state index contributed by atoms with van der Waals surface area (Å²) in [7, 11) is 1.86. The molecular weight excluding hydrogens is 116 g/mol. The van der Waals surface area contributed by atoms with Gasteiger partial charge >= 0.3 is 0 Å². The first-order valence-corrected chi connectivity index (χ1v) is 2.89. The van der Waals surface area contributed by atoms with Crippen molar-refractivity contribution in [1.29, 1.82) is 0 Å². The van der Waals surface area contributed by atoms with Crippen LogP contribution in [-0.4, -0.2) is 12.0 Å². The van der Waals surface area contributed by atoms with Crippen LogP contribution in [0.3, 0.4) is 0 Å². The molecule has 0 atom stereocenters. The van der Waals surface area contributed by atoms with Crippen LogP contribution in [0.2, 0.25) is 0 Å². The van der Waals surface area contributed by atoms with Gasteiger partial charge < -0.3 is 9.73 Å². The average molecular weight is 126 g/mol. The number of nitrogens with one attached hydrogen (secondary N) is 1. The van der Waals surface area contributed by atoms with Crippen LogP contribution >= 0.6 is 0 Å². The second-order valence-corrected chi connectivity index (χ2v) is 1.89. The van der Waals surface area contributed by atoms with E-state index in [9.17, 15) is 0 Å². The highest BCUT2D eigenvalue weighted by Crippen LogP contribution is 1.99. The lowest BCUT2D eigenvalue weighted by Gasteiger charge is -1.88. The molecule has 50 valence electrons. The Labute approximate surface area is 54.1 Å². The molecule has 1 rings (SSSR count). The standard InChI is InChI=1S/C6H10N2O/c1-5-3-8-6(9-5)4-7-2/h3,7H,4H2,1-2H3. The Balaban J connectivity index is 2.61. The Morgan fingerprint density at radius 3 is 3.00 bits per heavy atom. The van der Waals surface area contributed by atoms with Crippen molar-refractivity contribution < 1.29 is 4.42 Å². The van der Waals surface area contributed by atoms with Crippen molar-refractivity contribution in [3.05, 3.63) is 17.8 Å². The fourth-order valence-corrected chi connectivity index (χ4v) is 0.634. The van der Waals surface area contributed by atoms with Crippen LogP contribution in [0.1, 0.15) is 11.7 Å². The molecule has 0 saturated carbocycles. The predicted molar refractivity (Wildman–Crippen MR) is 34.0 cm³/mol. The molecule has 0 aliphatic carbocycles. The number of rotatable bonds is 2. The van der Waals surface area contributed by atoms with Crippen LogP contribution in [0.15, 0.2) is 10.6 Å². The lowest BCUT2D eigenvalue weighted by Crippen LogP contribution is -2.04. The molecule has 0 aromatic carbocycles. The highest BCUT2D eigenvalue weighted by molar-refractivity contribution is 4.89. The van der Waals surface area contributed by atoms with E-state index in [1.54, 1.807) is 6.20 Å². The van der Waals surface area contributed by atoms with E-state index in [0.717, 1.165) is 11.7 Å². The lowest BCUT2D eigenvalue weighted by atomic mass is 10.6. The largest absolute Gasteiger partial charge is 0.445 e. The number of aryl methyl sites for hydroxylation is 1. The van der Waals surface area contributed by atoms with Gasteiger partial charge in [0.2, 0.25) is 5.89 Å². The zero-order chi connectivity index (χ0) is 6.69. The average Bonchev–Trinajstić information content (AvgIpc) is 2.17. The van der Waals surface area contributed by atoms with Crippen LogP contribution < -0.4 is 5.32 Å². The highest BCUT2D eigenvalue weighted by atomic mass is 16.4. The minimum atomic E-state index is 0.702. The number of hydrogen-bond acceptors (Lipinski definition) is 3. The third kappa shape index (κ3) is 1.54. The van der Waals surface area contributed by atoms with Crippen LogP contribution in [0, 0.1) is 6.92 Å². The summed E-state index contributed by atoms with van der Waals surface area (Å²) in [6, 6.07) is 0. The maximum atomic E-state index is 5.15. The molecule has 1 aromatic heterocycles. The van der Waals surface area contributed by atoms with Gasteiger partial charge in [-0.05, 0) is 14.0 Å². The Hall–Kier alpha value is -0.830. The molecule has 0 saturated heterocycles. The van der Waals surface area contributed by atoms with Gasteiger partial charge in [-0.2, -0.15) is 0 Å². The van der Waals surface area contributed by atoms with Gasteiger partial charge in [-0.25, -0.2) is 4.98 Å². The van der Waals surface area contributed by atoms with Gasteiger partial charge in [0.15, 0.2) is 0 Å². The molecule has 1 aromatic rings. The summed E-state index contributed by atoms with van der Waals surface area (Å²) >= 11 is 0. The molecular formula is C6H10N2O. The molecule has 1 heterocycles. The molecule has 9 heavy (non-hydrogen) atoms. The van der Waals surface area contributed by atoms with Crippen molar-refractivity contribution in [3.63, 3.8) is 0 Å². The lowest BCUT2D eigenvalue weighted by molar-refractivity contribution is 0.459. The van der Waals surface area contributed by atoms with Crippen molar-refractivity contribution in [2.45, 2.75) is 13.5 Å². The normalized spacial score (nSPS) is 10.0. The molecule has 1 N–H and O–H groups in total. The fraction of sp³-hybridized carbons (Fsp3) is 0.500. The van der Waals surface area contributed by atoms with Gasteiger partial charge in [0.05, 0.1) is 12.7 Å². The number of hydrogen-bond donors (Lipinski definition) is 1.